The van der Waals surface area contributed by atoms with Gasteiger partial charge in [0.1, 0.15) is 0 Å². The van der Waals surface area contributed by atoms with Gasteiger partial charge in [0.15, 0.2) is 0 Å². The van der Waals surface area contributed by atoms with Gasteiger partial charge >= 0.3 is 0 Å². The molecule has 1 aliphatic rings. The summed E-state index contributed by atoms with van der Waals surface area (Å²) >= 11 is 0. The Labute approximate surface area is 117 Å². The molecule has 1 aromatic carbocycles. The summed E-state index contributed by atoms with van der Waals surface area (Å²) in [5.41, 5.74) is 9.47. The molecular weight excluding hydrogens is 234 g/mol. The molecule has 0 aliphatic carbocycles. The van der Waals surface area contributed by atoms with Crippen molar-refractivity contribution in [3.63, 3.8) is 0 Å². The van der Waals surface area contributed by atoms with Crippen LogP contribution in [0.15, 0.2) is 18.2 Å². The van der Waals surface area contributed by atoms with Crippen LogP contribution in [0.5, 0.6) is 0 Å². The van der Waals surface area contributed by atoms with E-state index in [4.69, 9.17) is 5.73 Å². The Morgan fingerprint density at radius 3 is 2.63 bits per heavy atom. The molecule has 1 saturated heterocycles. The minimum atomic E-state index is 0.879. The molecule has 3 heteroatoms. The molecule has 0 amide bonds. The summed E-state index contributed by atoms with van der Waals surface area (Å²) in [4.78, 5) is 4.75. The van der Waals surface area contributed by atoms with Crippen LogP contribution in [0, 0.1) is 12.8 Å². The van der Waals surface area contributed by atoms with E-state index >= 15 is 0 Å². The first-order valence-electron chi connectivity index (χ1n) is 7.32. The Balaban J connectivity index is 1.89. The maximum Gasteiger partial charge on any atom is 0.0627 e. The number of para-hydroxylation sites is 1. The number of benzene rings is 1. The van der Waals surface area contributed by atoms with Crippen molar-refractivity contribution in [1.29, 1.82) is 0 Å². The summed E-state index contributed by atoms with van der Waals surface area (Å²) in [6.07, 6.45) is 3.96. The molecule has 0 unspecified atom stereocenters. The van der Waals surface area contributed by atoms with Gasteiger partial charge < -0.3 is 15.5 Å². The summed E-state index contributed by atoms with van der Waals surface area (Å²) in [5.74, 6) is 0.879. The average Bonchev–Trinajstić information content (AvgIpc) is 2.38. The van der Waals surface area contributed by atoms with Gasteiger partial charge in [-0.2, -0.15) is 0 Å². The van der Waals surface area contributed by atoms with E-state index in [0.717, 1.165) is 18.2 Å². The third-order valence-electron chi connectivity index (χ3n) is 4.36. The van der Waals surface area contributed by atoms with Crippen molar-refractivity contribution in [3.05, 3.63) is 23.8 Å². The standard InChI is InChI=1S/C16H27N3/c1-13-5-4-6-15(17)16(13)19(3)12-9-14-7-10-18(2)11-8-14/h4-6,14H,7-12,17H2,1-3H3. The first kappa shape index (κ1) is 14.2. The molecule has 3 nitrogen and oxygen atoms in total. The SMILES string of the molecule is Cc1cccc(N)c1N(C)CCC1CCN(C)CC1. The molecule has 2 rings (SSSR count). The third-order valence-corrected chi connectivity index (χ3v) is 4.36. The summed E-state index contributed by atoms with van der Waals surface area (Å²) in [6, 6.07) is 6.16. The lowest BCUT2D eigenvalue weighted by Gasteiger charge is -2.31. The lowest BCUT2D eigenvalue weighted by molar-refractivity contribution is 0.213. The zero-order valence-electron chi connectivity index (χ0n) is 12.5. The Kier molecular flexibility index (Phi) is 4.70. The van der Waals surface area contributed by atoms with Gasteiger partial charge in [-0.05, 0) is 63.9 Å². The first-order valence-corrected chi connectivity index (χ1v) is 7.32. The molecule has 1 aliphatic heterocycles. The van der Waals surface area contributed by atoms with Crippen molar-refractivity contribution < 1.29 is 0 Å². The quantitative estimate of drug-likeness (QED) is 0.846. The minimum absolute atomic E-state index is 0.879. The van der Waals surface area contributed by atoms with Gasteiger partial charge in [-0.15, -0.1) is 0 Å². The normalized spacial score (nSPS) is 17.6. The van der Waals surface area contributed by atoms with Gasteiger partial charge in [0.25, 0.3) is 0 Å². The lowest BCUT2D eigenvalue weighted by atomic mass is 9.93. The fraction of sp³-hybridized carbons (Fsp3) is 0.625. The zero-order valence-corrected chi connectivity index (χ0v) is 12.5. The largest absolute Gasteiger partial charge is 0.397 e. The number of nitrogens with two attached hydrogens (primary N) is 1. The highest BCUT2D eigenvalue weighted by atomic mass is 15.1. The topological polar surface area (TPSA) is 32.5 Å². The molecule has 0 aromatic heterocycles. The number of rotatable bonds is 4. The number of hydrogen-bond acceptors (Lipinski definition) is 3. The molecule has 0 radical (unpaired) electrons. The Morgan fingerprint density at radius 2 is 2.00 bits per heavy atom. The molecular formula is C16H27N3. The van der Waals surface area contributed by atoms with Crippen LogP contribution in [0.3, 0.4) is 0 Å². The highest BCUT2D eigenvalue weighted by Gasteiger charge is 2.17. The Hall–Kier alpha value is -1.22. The summed E-state index contributed by atoms with van der Waals surface area (Å²) in [6.45, 7) is 5.74. The molecule has 1 fully saturated rings. The van der Waals surface area contributed by atoms with Crippen LogP contribution in [0.1, 0.15) is 24.8 Å². The van der Waals surface area contributed by atoms with E-state index in [1.165, 1.54) is 43.6 Å². The van der Waals surface area contributed by atoms with E-state index in [0.29, 0.717) is 0 Å². The summed E-state index contributed by atoms with van der Waals surface area (Å²) < 4.78 is 0. The summed E-state index contributed by atoms with van der Waals surface area (Å²) in [7, 11) is 4.38. The molecule has 1 aromatic rings. The first-order chi connectivity index (χ1) is 9.08. The predicted molar refractivity (Wildman–Crippen MR) is 83.7 cm³/mol. The molecule has 2 N–H and O–H groups in total. The van der Waals surface area contributed by atoms with E-state index < -0.39 is 0 Å². The van der Waals surface area contributed by atoms with Gasteiger partial charge in [-0.3, -0.25) is 0 Å². The second kappa shape index (κ2) is 6.29. The van der Waals surface area contributed by atoms with Gasteiger partial charge in [-0.25, -0.2) is 0 Å². The van der Waals surface area contributed by atoms with Gasteiger partial charge in [0, 0.05) is 13.6 Å². The van der Waals surface area contributed by atoms with Crippen molar-refractivity contribution in [3.8, 4) is 0 Å². The monoisotopic (exact) mass is 261 g/mol. The second-order valence-corrected chi connectivity index (χ2v) is 5.97. The zero-order chi connectivity index (χ0) is 13.8. The van der Waals surface area contributed by atoms with Crippen LogP contribution in [-0.2, 0) is 0 Å². The number of aryl methyl sites for hydroxylation is 1. The lowest BCUT2D eigenvalue weighted by Crippen LogP contribution is -2.32. The Bertz CT molecular complexity index is 388. The average molecular weight is 261 g/mol. The van der Waals surface area contributed by atoms with Crippen molar-refractivity contribution in [2.75, 3.05) is 44.4 Å². The predicted octanol–water partition coefficient (Wildman–Crippen LogP) is 2.75. The van der Waals surface area contributed by atoms with Crippen LogP contribution >= 0.6 is 0 Å². The molecule has 106 valence electrons. The number of hydrogen-bond donors (Lipinski definition) is 1. The highest BCUT2D eigenvalue weighted by molar-refractivity contribution is 5.70. The molecule has 0 bridgehead atoms. The molecule has 0 atom stereocenters. The highest BCUT2D eigenvalue weighted by Crippen LogP contribution is 2.27. The van der Waals surface area contributed by atoms with Crippen molar-refractivity contribution >= 4 is 11.4 Å². The van der Waals surface area contributed by atoms with Crippen LogP contribution < -0.4 is 10.6 Å². The summed E-state index contributed by atoms with van der Waals surface area (Å²) in [5, 5.41) is 0. The van der Waals surface area contributed by atoms with Crippen molar-refractivity contribution in [2.45, 2.75) is 26.2 Å². The van der Waals surface area contributed by atoms with Crippen molar-refractivity contribution in [1.82, 2.24) is 4.90 Å². The smallest absolute Gasteiger partial charge is 0.0627 e. The second-order valence-electron chi connectivity index (χ2n) is 5.97. The van der Waals surface area contributed by atoms with Crippen LogP contribution in [0.2, 0.25) is 0 Å². The van der Waals surface area contributed by atoms with E-state index in [2.05, 4.69) is 36.9 Å². The van der Waals surface area contributed by atoms with E-state index in [9.17, 15) is 0 Å². The fourth-order valence-electron chi connectivity index (χ4n) is 3.04. The van der Waals surface area contributed by atoms with E-state index in [-0.39, 0.29) is 0 Å². The minimum Gasteiger partial charge on any atom is -0.397 e. The van der Waals surface area contributed by atoms with Gasteiger partial charge in [0.05, 0.1) is 11.4 Å². The fourth-order valence-corrected chi connectivity index (χ4v) is 3.04. The van der Waals surface area contributed by atoms with Crippen LogP contribution in [0.4, 0.5) is 11.4 Å². The number of anilines is 2. The number of piperidine rings is 1. The van der Waals surface area contributed by atoms with Gasteiger partial charge in [-0.1, -0.05) is 12.1 Å². The van der Waals surface area contributed by atoms with Crippen LogP contribution in [0.25, 0.3) is 0 Å². The maximum absolute atomic E-state index is 6.10. The molecule has 19 heavy (non-hydrogen) atoms. The number of likely N-dealkylation sites (tertiary alicyclic amines) is 1. The third kappa shape index (κ3) is 3.63. The number of nitrogens with zero attached hydrogens (tertiary/aromatic N) is 2. The van der Waals surface area contributed by atoms with Crippen LogP contribution in [-0.4, -0.2) is 38.6 Å². The van der Waals surface area contributed by atoms with E-state index in [1.54, 1.807) is 0 Å². The molecule has 0 saturated carbocycles. The maximum atomic E-state index is 6.10. The number of nitrogen functional groups attached to an aromatic ring is 1. The molecule has 1 heterocycles. The Morgan fingerprint density at radius 1 is 1.32 bits per heavy atom. The van der Waals surface area contributed by atoms with Crippen molar-refractivity contribution in [2.24, 2.45) is 5.92 Å². The molecule has 0 spiro atoms. The van der Waals surface area contributed by atoms with Gasteiger partial charge in [0.2, 0.25) is 0 Å². The van der Waals surface area contributed by atoms with E-state index in [1.807, 2.05) is 12.1 Å².